The summed E-state index contributed by atoms with van der Waals surface area (Å²) in [7, 11) is 0. The Morgan fingerprint density at radius 1 is 0.333 bits per heavy atom. The van der Waals surface area contributed by atoms with Crippen LogP contribution in [0.4, 0.5) is 0 Å². The Morgan fingerprint density at radius 2 is 0.575 bits per heavy atom. The summed E-state index contributed by atoms with van der Waals surface area (Å²) in [6.07, 6.45) is -0.448. The monoisotopic (exact) mass is 1230 g/mol. The van der Waals surface area contributed by atoms with Gasteiger partial charge in [-0.25, -0.2) is 0 Å². The van der Waals surface area contributed by atoms with Crippen LogP contribution in [0.3, 0.4) is 0 Å². The van der Waals surface area contributed by atoms with Gasteiger partial charge in [0.1, 0.15) is 62.0 Å². The van der Waals surface area contributed by atoms with Crippen molar-refractivity contribution in [3.63, 3.8) is 0 Å². The standard InChI is InChI=1S/C72H90O13S2/c73-61(47-31-9-5-1-3-7-11-33-49-86-71(53-35-19-13-20-36-53,54-37-21-14-22-38-54)55-39-23-15-24-40-55)81-51-59-63(75)65(77)67(79)69(83-59)85-70-68(80)66(78)64(76)60(84-70)52-82-62(74)48-32-10-6-2-4-8-12-34-50-87-72(56-41-25-16-26-42-56,57-43-27-17-28-44-57)58-45-29-18-30-46-58/h13-30,35-46,59-60,63-70,75-80H,1-12,31-34,47-52H2/t59-,60-,63-,64-,65+,66+,67-,68-,69-,70-/m1/s1. The topological polar surface area (TPSA) is 202 Å². The lowest BCUT2D eigenvalue weighted by molar-refractivity contribution is -0.376. The van der Waals surface area contributed by atoms with E-state index in [0.717, 1.165) is 101 Å². The van der Waals surface area contributed by atoms with Crippen molar-refractivity contribution in [2.24, 2.45) is 0 Å². The van der Waals surface area contributed by atoms with Gasteiger partial charge in [0.05, 0.1) is 9.49 Å². The van der Waals surface area contributed by atoms with Crippen LogP contribution < -0.4 is 0 Å². The van der Waals surface area contributed by atoms with Crippen LogP contribution in [-0.4, -0.2) is 129 Å². The van der Waals surface area contributed by atoms with Gasteiger partial charge in [-0.1, -0.05) is 259 Å². The average molecular weight is 1230 g/mol. The van der Waals surface area contributed by atoms with Crippen LogP contribution in [0.5, 0.6) is 0 Å². The van der Waals surface area contributed by atoms with Crippen LogP contribution in [0.25, 0.3) is 0 Å². The van der Waals surface area contributed by atoms with E-state index in [0.29, 0.717) is 12.8 Å². The molecule has 0 spiro atoms. The highest BCUT2D eigenvalue weighted by Gasteiger charge is 2.50. The third-order valence-electron chi connectivity index (χ3n) is 16.7. The maximum atomic E-state index is 12.8. The molecular formula is C72H90O13S2. The first-order valence-corrected chi connectivity index (χ1v) is 33.5. The molecule has 2 aliphatic rings. The van der Waals surface area contributed by atoms with Gasteiger partial charge in [-0.2, -0.15) is 0 Å². The Labute approximate surface area is 523 Å². The summed E-state index contributed by atoms with van der Waals surface area (Å²) >= 11 is 3.99. The van der Waals surface area contributed by atoms with Gasteiger partial charge in [-0.15, -0.1) is 23.5 Å². The van der Waals surface area contributed by atoms with Crippen molar-refractivity contribution in [1.29, 1.82) is 0 Å². The molecule has 0 saturated carbocycles. The summed E-state index contributed by atoms with van der Waals surface area (Å²) in [5.74, 6) is 1.000. The molecule has 6 N–H and O–H groups in total. The second-order valence-electron chi connectivity index (χ2n) is 22.9. The number of ether oxygens (including phenoxy) is 5. The van der Waals surface area contributed by atoms with E-state index in [1.807, 2.05) is 23.5 Å². The average Bonchev–Trinajstić information content (AvgIpc) is 1.02. The quantitative estimate of drug-likeness (QED) is 0.0123. The first kappa shape index (κ1) is 67.5. The number of aliphatic hydroxyl groups excluding tert-OH is 6. The summed E-state index contributed by atoms with van der Waals surface area (Å²) in [5.41, 5.74) is 7.60. The molecule has 6 aromatic carbocycles. The number of unbranched alkanes of at least 4 members (excludes halogenated alkanes) is 14. The molecule has 0 amide bonds. The van der Waals surface area contributed by atoms with E-state index < -0.39 is 86.6 Å². The summed E-state index contributed by atoms with van der Waals surface area (Å²) in [6.45, 7) is -0.915. The largest absolute Gasteiger partial charge is 0.463 e. The molecule has 6 aromatic rings. The Morgan fingerprint density at radius 3 is 0.839 bits per heavy atom. The highest BCUT2D eigenvalue weighted by Crippen LogP contribution is 2.50. The number of aliphatic hydroxyl groups is 6. The molecule has 87 heavy (non-hydrogen) atoms. The van der Waals surface area contributed by atoms with Gasteiger partial charge in [-0.3, -0.25) is 9.59 Å². The van der Waals surface area contributed by atoms with E-state index in [9.17, 15) is 40.2 Å². The first-order valence-electron chi connectivity index (χ1n) is 31.5. The molecule has 0 aliphatic carbocycles. The molecule has 0 unspecified atom stereocenters. The van der Waals surface area contributed by atoms with Crippen LogP contribution in [0.2, 0.25) is 0 Å². The van der Waals surface area contributed by atoms with Crippen LogP contribution in [-0.2, 0) is 42.8 Å². The predicted molar refractivity (Wildman–Crippen MR) is 343 cm³/mol. The molecule has 2 saturated heterocycles. The zero-order valence-corrected chi connectivity index (χ0v) is 51.6. The van der Waals surface area contributed by atoms with Crippen LogP contribution in [0, 0.1) is 0 Å². The SMILES string of the molecule is O=C(CCCCCCCCCCSC(c1ccccc1)(c1ccccc1)c1ccccc1)OC[C@H]1O[C@H](O[C@H]2O[C@H](COC(=O)CCCCCCCCCCSC(c3ccccc3)(c3ccccc3)c3ccccc3)[C@@H](O)[C@H](O)[C@H]2O)[C@H](O)[C@@H](O)[C@@H]1O. The van der Waals surface area contributed by atoms with Gasteiger partial charge in [0.15, 0.2) is 12.6 Å². The molecule has 468 valence electrons. The number of hydrogen-bond acceptors (Lipinski definition) is 15. The first-order chi connectivity index (χ1) is 42.5. The minimum absolute atomic E-state index is 0.148. The summed E-state index contributed by atoms with van der Waals surface area (Å²) < 4.78 is 27.4. The maximum absolute atomic E-state index is 12.8. The fraction of sp³-hybridized carbons (Fsp3) is 0.472. The second kappa shape index (κ2) is 35.7. The summed E-state index contributed by atoms with van der Waals surface area (Å²) in [4.78, 5) is 25.6. The lowest BCUT2D eigenvalue weighted by atomic mass is 9.84. The van der Waals surface area contributed by atoms with Crippen molar-refractivity contribution in [2.45, 2.75) is 186 Å². The van der Waals surface area contributed by atoms with Gasteiger partial charge in [0.2, 0.25) is 0 Å². The fourth-order valence-corrected chi connectivity index (χ4v) is 14.9. The Balaban J connectivity index is 0.672. The highest BCUT2D eigenvalue weighted by atomic mass is 32.2. The number of benzene rings is 6. The van der Waals surface area contributed by atoms with Gasteiger partial charge in [-0.05, 0) is 70.6 Å². The van der Waals surface area contributed by atoms with Gasteiger partial charge < -0.3 is 54.3 Å². The molecule has 2 heterocycles. The third kappa shape index (κ3) is 18.8. The lowest BCUT2D eigenvalue weighted by Gasteiger charge is -2.44. The van der Waals surface area contributed by atoms with Crippen molar-refractivity contribution in [3.05, 3.63) is 215 Å². The molecule has 2 aliphatic heterocycles. The second-order valence-corrected chi connectivity index (χ2v) is 25.6. The molecule has 10 atom stereocenters. The van der Waals surface area contributed by atoms with Crippen LogP contribution in [0.1, 0.15) is 149 Å². The van der Waals surface area contributed by atoms with Crippen molar-refractivity contribution < 1.29 is 63.9 Å². The molecule has 0 bridgehead atoms. The van der Waals surface area contributed by atoms with E-state index in [1.54, 1.807) is 0 Å². The normalized spacial score (nSPS) is 22.4. The van der Waals surface area contributed by atoms with E-state index >= 15 is 0 Å². The van der Waals surface area contributed by atoms with E-state index in [4.69, 9.17) is 23.7 Å². The van der Waals surface area contributed by atoms with Gasteiger partial charge >= 0.3 is 11.9 Å². The zero-order chi connectivity index (χ0) is 61.1. The van der Waals surface area contributed by atoms with E-state index in [1.165, 1.54) is 33.4 Å². The Hall–Kier alpha value is -5.40. The number of rotatable bonds is 36. The number of carbonyl (C=O) groups is 2. The molecule has 0 aromatic heterocycles. The van der Waals surface area contributed by atoms with Gasteiger partial charge in [0, 0.05) is 12.8 Å². The number of carbonyl (C=O) groups excluding carboxylic acids is 2. The van der Waals surface area contributed by atoms with E-state index in [2.05, 4.69) is 182 Å². The minimum Gasteiger partial charge on any atom is -0.463 e. The molecule has 0 radical (unpaired) electrons. The molecule has 8 rings (SSSR count). The van der Waals surface area contributed by atoms with Gasteiger partial charge in [0.25, 0.3) is 0 Å². The predicted octanol–water partition coefficient (Wildman–Crippen LogP) is 12.2. The molecule has 13 nitrogen and oxygen atoms in total. The molecule has 15 heteroatoms. The number of hydrogen-bond donors (Lipinski definition) is 6. The van der Waals surface area contributed by atoms with E-state index in [-0.39, 0.29) is 22.3 Å². The Kier molecular flexibility index (Phi) is 27.7. The van der Waals surface area contributed by atoms with Crippen molar-refractivity contribution >= 4 is 35.5 Å². The Bertz CT molecular complexity index is 2470. The summed E-state index contributed by atoms with van der Waals surface area (Å²) in [5, 5.41) is 64.6. The van der Waals surface area contributed by atoms with Crippen LogP contribution in [0.15, 0.2) is 182 Å². The lowest BCUT2D eigenvalue weighted by Crippen LogP contribution is -2.64. The minimum atomic E-state index is -1.84. The maximum Gasteiger partial charge on any atom is 0.305 e. The highest BCUT2D eigenvalue weighted by molar-refractivity contribution is 8.00. The number of esters is 2. The third-order valence-corrected chi connectivity index (χ3v) is 20.0. The smallest absolute Gasteiger partial charge is 0.305 e. The fourth-order valence-electron chi connectivity index (χ4n) is 11.8. The summed E-state index contributed by atoms with van der Waals surface area (Å²) in [6, 6.07) is 64.5. The van der Waals surface area contributed by atoms with Crippen LogP contribution >= 0.6 is 23.5 Å². The van der Waals surface area contributed by atoms with Crippen molar-refractivity contribution in [2.75, 3.05) is 24.7 Å². The zero-order valence-electron chi connectivity index (χ0n) is 50.0. The van der Waals surface area contributed by atoms with Crippen molar-refractivity contribution in [3.8, 4) is 0 Å². The molecular weight excluding hydrogens is 1140 g/mol. The molecule has 2 fully saturated rings. The van der Waals surface area contributed by atoms with Crippen molar-refractivity contribution in [1.82, 2.24) is 0 Å². The number of thioether (sulfide) groups is 2.